The Bertz CT molecular complexity index is 1170. The van der Waals surface area contributed by atoms with Gasteiger partial charge in [-0.15, -0.1) is 0 Å². The Hall–Kier alpha value is -2.88. The molecule has 0 aliphatic carbocycles. The Morgan fingerprint density at radius 2 is 1.73 bits per heavy atom. The number of thiazole rings is 1. The zero-order valence-corrected chi connectivity index (χ0v) is 20.2. The van der Waals surface area contributed by atoms with E-state index in [9.17, 15) is 5.11 Å². The number of thioether (sulfide) groups is 1. The summed E-state index contributed by atoms with van der Waals surface area (Å²) in [5, 5.41) is 17.8. The highest BCUT2D eigenvalue weighted by Crippen LogP contribution is 2.33. The summed E-state index contributed by atoms with van der Waals surface area (Å²) in [6, 6.07) is 20.0. The van der Waals surface area contributed by atoms with Crippen LogP contribution in [0.1, 0.15) is 19.4 Å². The monoisotopic (exact) mass is 481 g/mol. The summed E-state index contributed by atoms with van der Waals surface area (Å²) in [7, 11) is 0. The highest BCUT2D eigenvalue weighted by atomic mass is 32.2. The molecular formula is C24H27N5O2S2. The van der Waals surface area contributed by atoms with E-state index < -0.39 is 5.54 Å². The van der Waals surface area contributed by atoms with Crippen molar-refractivity contribution in [2.45, 2.75) is 30.3 Å². The van der Waals surface area contributed by atoms with Crippen molar-refractivity contribution in [3.05, 3.63) is 66.2 Å². The van der Waals surface area contributed by atoms with Crippen LogP contribution in [-0.4, -0.2) is 45.4 Å². The number of aliphatic hydroxyl groups excluding tert-OH is 1. The predicted molar refractivity (Wildman–Crippen MR) is 136 cm³/mol. The van der Waals surface area contributed by atoms with Gasteiger partial charge in [0, 0.05) is 5.75 Å². The van der Waals surface area contributed by atoms with Gasteiger partial charge >= 0.3 is 0 Å². The topological polar surface area (TPSA) is 92.2 Å². The Morgan fingerprint density at radius 1 is 1.00 bits per heavy atom. The smallest absolute Gasteiger partial charge is 0.191 e. The number of para-hydroxylation sites is 1. The molecule has 2 aromatic carbocycles. The second kappa shape index (κ2) is 10.8. The summed E-state index contributed by atoms with van der Waals surface area (Å²) in [5.41, 5.74) is 1.31. The van der Waals surface area contributed by atoms with Crippen molar-refractivity contribution in [3.8, 4) is 5.75 Å². The molecule has 0 spiro atoms. The average Bonchev–Trinajstić information content (AvgIpc) is 3.25. The van der Waals surface area contributed by atoms with E-state index in [4.69, 9.17) is 9.72 Å². The summed E-state index contributed by atoms with van der Waals surface area (Å²) < 4.78 is 6.60. The molecule has 3 N–H and O–H groups in total. The minimum Gasteiger partial charge on any atom is -0.492 e. The first kappa shape index (κ1) is 23.3. The van der Waals surface area contributed by atoms with Gasteiger partial charge in [-0.1, -0.05) is 71.6 Å². The normalized spacial score (nSPS) is 11.5. The van der Waals surface area contributed by atoms with E-state index in [2.05, 4.69) is 32.7 Å². The van der Waals surface area contributed by atoms with Crippen LogP contribution in [0.25, 0.3) is 10.3 Å². The van der Waals surface area contributed by atoms with Crippen LogP contribution in [0.4, 0.5) is 10.9 Å². The third-order valence-corrected chi connectivity index (χ3v) is 6.61. The molecule has 0 saturated carbocycles. The lowest BCUT2D eigenvalue weighted by molar-refractivity contribution is 0.234. The largest absolute Gasteiger partial charge is 0.492 e. The number of ether oxygens (including phenoxy) is 1. The molecule has 0 amide bonds. The highest BCUT2D eigenvalue weighted by molar-refractivity contribution is 7.98. The van der Waals surface area contributed by atoms with Crippen molar-refractivity contribution in [3.63, 3.8) is 0 Å². The second-order valence-electron chi connectivity index (χ2n) is 8.06. The van der Waals surface area contributed by atoms with Crippen molar-refractivity contribution in [2.24, 2.45) is 0 Å². The second-order valence-corrected chi connectivity index (χ2v) is 10.00. The number of aliphatic hydroxyl groups is 1. The molecular weight excluding hydrogens is 454 g/mol. The summed E-state index contributed by atoms with van der Waals surface area (Å²) >= 11 is 3.05. The predicted octanol–water partition coefficient (Wildman–Crippen LogP) is 5.05. The lowest BCUT2D eigenvalue weighted by Crippen LogP contribution is -2.35. The fourth-order valence-electron chi connectivity index (χ4n) is 2.95. The fraction of sp³-hybridized carbons (Fsp3) is 0.292. The molecule has 0 bridgehead atoms. The number of aromatic nitrogens is 3. The maximum atomic E-state index is 9.74. The van der Waals surface area contributed by atoms with Gasteiger partial charge in [-0.3, -0.25) is 0 Å². The van der Waals surface area contributed by atoms with E-state index in [1.165, 1.54) is 16.9 Å². The third-order valence-electron chi connectivity index (χ3n) is 4.69. The molecule has 4 aromatic rings. The number of fused-ring (bicyclic) bond motifs is 1. The maximum Gasteiger partial charge on any atom is 0.191 e. The van der Waals surface area contributed by atoms with Crippen LogP contribution >= 0.6 is 23.1 Å². The van der Waals surface area contributed by atoms with Crippen LogP contribution in [-0.2, 0) is 5.75 Å². The van der Waals surface area contributed by atoms with E-state index >= 15 is 0 Å². The first-order valence-electron chi connectivity index (χ1n) is 10.7. The molecule has 33 heavy (non-hydrogen) atoms. The van der Waals surface area contributed by atoms with Crippen LogP contribution in [0.5, 0.6) is 5.75 Å². The summed E-state index contributed by atoms with van der Waals surface area (Å²) in [4.78, 5) is 14.1. The van der Waals surface area contributed by atoms with Gasteiger partial charge in [0.1, 0.15) is 17.1 Å². The first-order valence-corrected chi connectivity index (χ1v) is 12.5. The van der Waals surface area contributed by atoms with Gasteiger partial charge in [-0.05, 0) is 31.5 Å². The quantitative estimate of drug-likeness (QED) is 0.156. The van der Waals surface area contributed by atoms with Crippen molar-refractivity contribution < 1.29 is 9.84 Å². The zero-order valence-electron chi connectivity index (χ0n) is 18.6. The fourth-order valence-corrected chi connectivity index (χ4v) is 4.63. The zero-order chi connectivity index (χ0) is 23.1. The molecule has 0 radical (unpaired) electrons. The van der Waals surface area contributed by atoms with Crippen LogP contribution in [0, 0.1) is 0 Å². The number of nitrogens with one attached hydrogen (secondary N) is 2. The summed E-state index contributed by atoms with van der Waals surface area (Å²) in [6.45, 7) is 4.97. The van der Waals surface area contributed by atoms with E-state index in [-0.39, 0.29) is 6.61 Å². The van der Waals surface area contributed by atoms with Crippen molar-refractivity contribution in [2.75, 3.05) is 30.4 Å². The molecule has 7 nitrogen and oxygen atoms in total. The van der Waals surface area contributed by atoms with E-state index in [1.54, 1.807) is 11.8 Å². The lowest BCUT2D eigenvalue weighted by atomic mass is 10.1. The molecule has 2 heterocycles. The molecule has 172 valence electrons. The molecule has 0 unspecified atom stereocenters. The van der Waals surface area contributed by atoms with Gasteiger partial charge in [0.25, 0.3) is 0 Å². The minimum absolute atomic E-state index is 0.0221. The van der Waals surface area contributed by atoms with Gasteiger partial charge in [0.2, 0.25) is 0 Å². The Morgan fingerprint density at radius 3 is 2.45 bits per heavy atom. The lowest BCUT2D eigenvalue weighted by Gasteiger charge is -2.24. The van der Waals surface area contributed by atoms with Gasteiger partial charge in [-0.2, -0.15) is 4.98 Å². The van der Waals surface area contributed by atoms with Gasteiger partial charge < -0.3 is 20.5 Å². The van der Waals surface area contributed by atoms with Crippen molar-refractivity contribution in [1.29, 1.82) is 0 Å². The first-order chi connectivity index (χ1) is 16.0. The molecule has 4 rings (SSSR count). The van der Waals surface area contributed by atoms with Gasteiger partial charge in [-0.25, -0.2) is 9.97 Å². The van der Waals surface area contributed by atoms with Crippen molar-refractivity contribution in [1.82, 2.24) is 15.0 Å². The molecule has 0 atom stereocenters. The Kier molecular flexibility index (Phi) is 7.64. The molecule has 2 aromatic heterocycles. The highest BCUT2D eigenvalue weighted by Gasteiger charge is 2.21. The molecule has 0 aliphatic heterocycles. The van der Waals surface area contributed by atoms with Crippen LogP contribution < -0.4 is 15.4 Å². The van der Waals surface area contributed by atoms with Gasteiger partial charge in [0.15, 0.2) is 21.8 Å². The van der Waals surface area contributed by atoms with E-state index in [0.717, 1.165) is 21.3 Å². The summed E-state index contributed by atoms with van der Waals surface area (Å²) in [5.74, 6) is 2.29. The van der Waals surface area contributed by atoms with Crippen LogP contribution in [0.15, 0.2) is 65.8 Å². The Labute approximate surface area is 201 Å². The minimum atomic E-state index is -0.524. The van der Waals surface area contributed by atoms with Crippen LogP contribution in [0.2, 0.25) is 0 Å². The van der Waals surface area contributed by atoms with Crippen LogP contribution in [0.3, 0.4) is 0 Å². The number of hydrogen-bond acceptors (Lipinski definition) is 9. The van der Waals surface area contributed by atoms with E-state index in [0.29, 0.717) is 29.8 Å². The third kappa shape index (κ3) is 6.56. The number of rotatable bonds is 11. The number of benzene rings is 2. The maximum absolute atomic E-state index is 9.74. The van der Waals surface area contributed by atoms with Gasteiger partial charge in [0.05, 0.1) is 18.7 Å². The molecule has 9 heteroatoms. The molecule has 0 saturated heterocycles. The molecule has 0 aliphatic rings. The molecule has 0 fully saturated rings. The van der Waals surface area contributed by atoms with Crippen molar-refractivity contribution >= 4 is 44.4 Å². The van der Waals surface area contributed by atoms with E-state index in [1.807, 2.05) is 62.4 Å². The average molecular weight is 482 g/mol. The summed E-state index contributed by atoms with van der Waals surface area (Å²) in [6.07, 6.45) is 0. The Balaban J connectivity index is 1.49. The standard InChI is InChI=1S/C24H27N5O2S2/c1-24(2,16-30)29-21-19-20(27-23(28-21)32-15-17-9-5-3-6-10-17)26-22(33-19)25-13-14-31-18-11-7-4-8-12-18/h3-12,30H,13-16H2,1-2H3,(H2,25,26,27,28,29). The number of nitrogens with zero attached hydrogens (tertiary/aromatic N) is 3. The SMILES string of the molecule is CC(C)(CO)Nc1nc(SCc2ccccc2)nc2nc(NCCOc3ccccc3)sc12. The number of anilines is 2. The number of hydrogen-bond donors (Lipinski definition) is 3.